The number of amides is 1. The molecule has 0 spiro atoms. The second kappa shape index (κ2) is 5.27. The Morgan fingerprint density at radius 1 is 1.53 bits per heavy atom. The van der Waals surface area contributed by atoms with Crippen LogP contribution in [0.15, 0.2) is 6.07 Å². The van der Waals surface area contributed by atoms with Crippen LogP contribution in [-0.2, 0) is 4.79 Å². The van der Waals surface area contributed by atoms with Crippen LogP contribution in [0, 0.1) is 18.3 Å². The Labute approximate surface area is 113 Å². The minimum atomic E-state index is -0.0254. The Hall–Kier alpha value is -2.09. The second-order valence-corrected chi connectivity index (χ2v) is 5.07. The van der Waals surface area contributed by atoms with E-state index in [1.165, 1.54) is 0 Å². The normalized spacial score (nSPS) is 15.3. The molecule has 0 aromatic carbocycles. The van der Waals surface area contributed by atoms with Crippen molar-refractivity contribution in [1.82, 2.24) is 10.3 Å². The Kier molecular flexibility index (Phi) is 3.70. The molecule has 1 N–H and O–H groups in total. The highest BCUT2D eigenvalue weighted by atomic mass is 16.2. The van der Waals surface area contributed by atoms with Crippen LogP contribution in [0.2, 0.25) is 0 Å². The van der Waals surface area contributed by atoms with Crippen molar-refractivity contribution < 1.29 is 4.79 Å². The lowest BCUT2D eigenvalue weighted by molar-refractivity contribution is -0.120. The molecule has 1 amide bonds. The summed E-state index contributed by atoms with van der Waals surface area (Å²) in [6, 6.07) is 4.09. The smallest absolute Gasteiger partial charge is 0.239 e. The number of carbonyl (C=O) groups is 1. The first kappa shape index (κ1) is 13.3. The number of anilines is 1. The number of aryl methyl sites for hydroxylation is 1. The number of nitrogens with one attached hydrogen (secondary N) is 1. The fraction of sp³-hybridized carbons (Fsp3) is 0.500. The number of carbonyl (C=O) groups excluding carboxylic acids is 1. The number of rotatable bonds is 2. The molecule has 0 bridgehead atoms. The van der Waals surface area contributed by atoms with E-state index in [2.05, 4.69) is 30.2 Å². The minimum Gasteiger partial charge on any atom is -0.353 e. The summed E-state index contributed by atoms with van der Waals surface area (Å²) in [6.45, 7) is 7.66. The monoisotopic (exact) mass is 258 g/mol. The largest absolute Gasteiger partial charge is 0.353 e. The van der Waals surface area contributed by atoms with Crippen molar-refractivity contribution in [3.8, 4) is 6.07 Å². The zero-order chi connectivity index (χ0) is 14.0. The first-order valence-electron chi connectivity index (χ1n) is 6.46. The average molecular weight is 258 g/mol. The van der Waals surface area contributed by atoms with Gasteiger partial charge in [-0.2, -0.15) is 5.26 Å². The van der Waals surface area contributed by atoms with Crippen molar-refractivity contribution in [2.45, 2.75) is 26.7 Å². The van der Waals surface area contributed by atoms with E-state index in [0.29, 0.717) is 30.4 Å². The van der Waals surface area contributed by atoms with E-state index in [4.69, 9.17) is 0 Å². The number of piperazine rings is 1. The molecule has 0 aliphatic carbocycles. The first-order valence-corrected chi connectivity index (χ1v) is 6.46. The maximum Gasteiger partial charge on any atom is 0.239 e. The Morgan fingerprint density at radius 3 is 2.84 bits per heavy atom. The second-order valence-electron chi connectivity index (χ2n) is 5.07. The highest BCUT2D eigenvalue weighted by molar-refractivity contribution is 5.82. The molecule has 1 fully saturated rings. The summed E-state index contributed by atoms with van der Waals surface area (Å²) < 4.78 is 0. The molecular weight excluding hydrogens is 240 g/mol. The van der Waals surface area contributed by atoms with Crippen LogP contribution in [0.1, 0.15) is 36.6 Å². The Balaban J connectivity index is 2.43. The van der Waals surface area contributed by atoms with Crippen LogP contribution in [0.3, 0.4) is 0 Å². The quantitative estimate of drug-likeness (QED) is 0.868. The van der Waals surface area contributed by atoms with Gasteiger partial charge < -0.3 is 10.2 Å². The van der Waals surface area contributed by atoms with Gasteiger partial charge in [-0.25, -0.2) is 4.98 Å². The van der Waals surface area contributed by atoms with Crippen molar-refractivity contribution in [2.75, 3.05) is 24.5 Å². The van der Waals surface area contributed by atoms with Crippen LogP contribution in [0.25, 0.3) is 0 Å². The van der Waals surface area contributed by atoms with Gasteiger partial charge >= 0.3 is 0 Å². The molecule has 0 saturated carbocycles. The SMILES string of the molecule is Cc1nc(N2CCNC(=O)C2)c(C#N)cc1C(C)C. The molecule has 2 heterocycles. The fourth-order valence-corrected chi connectivity index (χ4v) is 2.34. The number of aromatic nitrogens is 1. The molecule has 1 aromatic heterocycles. The van der Waals surface area contributed by atoms with Gasteiger partial charge in [0.05, 0.1) is 12.1 Å². The maximum atomic E-state index is 11.4. The van der Waals surface area contributed by atoms with E-state index in [0.717, 1.165) is 11.3 Å². The van der Waals surface area contributed by atoms with Crippen LogP contribution in [0.4, 0.5) is 5.82 Å². The standard InChI is InChI=1S/C14H18N4O/c1-9(2)12-6-11(7-15)14(17-10(12)3)18-5-4-16-13(19)8-18/h6,9H,4-5,8H2,1-3H3,(H,16,19). The maximum absolute atomic E-state index is 11.4. The van der Waals surface area contributed by atoms with Gasteiger partial charge in [-0.1, -0.05) is 13.8 Å². The average Bonchev–Trinajstić information content (AvgIpc) is 2.38. The molecular formula is C14H18N4O. The highest BCUT2D eigenvalue weighted by Gasteiger charge is 2.21. The number of pyridine rings is 1. The summed E-state index contributed by atoms with van der Waals surface area (Å²) in [4.78, 5) is 17.9. The van der Waals surface area contributed by atoms with Crippen LogP contribution in [-0.4, -0.2) is 30.5 Å². The summed E-state index contributed by atoms with van der Waals surface area (Å²) in [5.41, 5.74) is 2.56. The molecule has 1 saturated heterocycles. The van der Waals surface area contributed by atoms with Gasteiger partial charge in [0.15, 0.2) is 0 Å². The number of hydrogen-bond acceptors (Lipinski definition) is 4. The van der Waals surface area contributed by atoms with Gasteiger partial charge in [0.25, 0.3) is 0 Å². The minimum absolute atomic E-state index is 0.0254. The van der Waals surface area contributed by atoms with E-state index >= 15 is 0 Å². The van der Waals surface area contributed by atoms with Gasteiger partial charge in [0, 0.05) is 18.8 Å². The van der Waals surface area contributed by atoms with E-state index in [1.807, 2.05) is 17.9 Å². The lowest BCUT2D eigenvalue weighted by Crippen LogP contribution is -2.48. The van der Waals surface area contributed by atoms with Crippen LogP contribution < -0.4 is 10.2 Å². The van der Waals surface area contributed by atoms with Gasteiger partial charge in [-0.15, -0.1) is 0 Å². The first-order chi connectivity index (χ1) is 9.02. The Bertz CT molecular complexity index is 545. The lowest BCUT2D eigenvalue weighted by atomic mass is 10.00. The predicted molar refractivity (Wildman–Crippen MR) is 73.0 cm³/mol. The molecule has 5 heteroatoms. The molecule has 1 aromatic rings. The lowest BCUT2D eigenvalue weighted by Gasteiger charge is -2.29. The van der Waals surface area contributed by atoms with Gasteiger partial charge in [0.2, 0.25) is 5.91 Å². The Morgan fingerprint density at radius 2 is 2.26 bits per heavy atom. The molecule has 5 nitrogen and oxygen atoms in total. The molecule has 0 unspecified atom stereocenters. The molecule has 1 aliphatic rings. The van der Waals surface area contributed by atoms with Crippen LogP contribution >= 0.6 is 0 Å². The van der Waals surface area contributed by atoms with Gasteiger partial charge in [-0.05, 0) is 24.5 Å². The summed E-state index contributed by atoms with van der Waals surface area (Å²) in [5, 5.41) is 12.1. The fourth-order valence-electron chi connectivity index (χ4n) is 2.34. The molecule has 2 rings (SSSR count). The summed E-state index contributed by atoms with van der Waals surface area (Å²) >= 11 is 0. The van der Waals surface area contributed by atoms with Crippen molar-refractivity contribution in [3.63, 3.8) is 0 Å². The van der Waals surface area contributed by atoms with E-state index < -0.39 is 0 Å². The van der Waals surface area contributed by atoms with Gasteiger partial charge in [0.1, 0.15) is 11.9 Å². The van der Waals surface area contributed by atoms with Crippen molar-refractivity contribution >= 4 is 11.7 Å². The third kappa shape index (κ3) is 2.68. The van der Waals surface area contributed by atoms with Gasteiger partial charge in [-0.3, -0.25) is 4.79 Å². The summed E-state index contributed by atoms with van der Waals surface area (Å²) in [5.74, 6) is 0.931. The molecule has 1 aliphatic heterocycles. The summed E-state index contributed by atoms with van der Waals surface area (Å²) in [7, 11) is 0. The predicted octanol–water partition coefficient (Wildman–Crippen LogP) is 1.32. The number of nitrogens with zero attached hydrogens (tertiary/aromatic N) is 3. The van der Waals surface area contributed by atoms with E-state index in [1.54, 1.807) is 0 Å². The van der Waals surface area contributed by atoms with Crippen LogP contribution in [0.5, 0.6) is 0 Å². The molecule has 19 heavy (non-hydrogen) atoms. The van der Waals surface area contributed by atoms with Crippen molar-refractivity contribution in [1.29, 1.82) is 5.26 Å². The highest BCUT2D eigenvalue weighted by Crippen LogP contribution is 2.25. The zero-order valence-electron chi connectivity index (χ0n) is 11.5. The summed E-state index contributed by atoms with van der Waals surface area (Å²) in [6.07, 6.45) is 0. The molecule has 0 atom stereocenters. The molecule has 100 valence electrons. The van der Waals surface area contributed by atoms with Crippen molar-refractivity contribution in [2.24, 2.45) is 0 Å². The third-order valence-electron chi connectivity index (χ3n) is 3.31. The zero-order valence-corrected chi connectivity index (χ0v) is 11.5. The van der Waals surface area contributed by atoms with Crippen molar-refractivity contribution in [3.05, 3.63) is 22.9 Å². The van der Waals surface area contributed by atoms with E-state index in [-0.39, 0.29) is 12.5 Å². The topological polar surface area (TPSA) is 69.0 Å². The third-order valence-corrected chi connectivity index (χ3v) is 3.31. The number of hydrogen-bond donors (Lipinski definition) is 1. The molecule has 0 radical (unpaired) electrons. The van der Waals surface area contributed by atoms with E-state index in [9.17, 15) is 10.1 Å². The number of nitriles is 1.